The molecule has 0 atom stereocenters. The molecule has 2 heterocycles. The Morgan fingerprint density at radius 3 is 2.58 bits per heavy atom. The van der Waals surface area contributed by atoms with Crippen LogP contribution in [0, 0.1) is 0 Å². The van der Waals surface area contributed by atoms with Crippen LogP contribution in [0.2, 0.25) is 0 Å². The zero-order chi connectivity index (χ0) is 17.5. The van der Waals surface area contributed by atoms with Crippen molar-refractivity contribution in [3.63, 3.8) is 0 Å². The summed E-state index contributed by atoms with van der Waals surface area (Å²) in [5, 5.41) is 0. The number of benzene rings is 1. The smallest absolute Gasteiger partial charge is 0.326 e. The number of rotatable bonds is 4. The van der Waals surface area contributed by atoms with Crippen LogP contribution in [0.1, 0.15) is 33.3 Å². The monoisotopic (exact) mass is 347 g/mol. The lowest BCUT2D eigenvalue weighted by molar-refractivity contribution is 0.0972. The van der Waals surface area contributed by atoms with Gasteiger partial charge in [-0.1, -0.05) is 18.2 Å². The summed E-state index contributed by atoms with van der Waals surface area (Å²) in [7, 11) is -2.43. The molecule has 0 fully saturated rings. The number of aryl methyl sites for hydroxylation is 1. The van der Waals surface area contributed by atoms with Gasteiger partial charge in [0.25, 0.3) is 5.91 Å². The third kappa shape index (κ3) is 2.80. The van der Waals surface area contributed by atoms with Gasteiger partial charge in [-0.05, 0) is 31.0 Å². The summed E-state index contributed by atoms with van der Waals surface area (Å²) in [6.07, 6.45) is 2.10. The van der Waals surface area contributed by atoms with Gasteiger partial charge in [-0.2, -0.15) is 8.42 Å². The molecule has 0 saturated heterocycles. The standard InChI is InChI=1S/C16H17N3O4S/c1-11(20)13-9-15(18(2)10-13)16(21)17-24(22,23)19-8-7-12-5-3-4-6-14(12)19/h3-6,9-10H,7-8H2,1-2H3,(H,17,21). The summed E-state index contributed by atoms with van der Waals surface area (Å²) in [6, 6.07) is 8.56. The number of hydrogen-bond donors (Lipinski definition) is 1. The SMILES string of the molecule is CC(=O)c1cc(C(=O)NS(=O)(=O)N2CCc3ccccc32)n(C)c1. The maximum atomic E-state index is 12.5. The number of anilines is 1. The van der Waals surface area contributed by atoms with E-state index >= 15 is 0 Å². The predicted octanol–water partition coefficient (Wildman–Crippen LogP) is 1.26. The second-order valence-corrected chi connectivity index (χ2v) is 7.26. The van der Waals surface area contributed by atoms with Crippen molar-refractivity contribution in [1.82, 2.24) is 9.29 Å². The minimum absolute atomic E-state index is 0.108. The Kier molecular flexibility index (Phi) is 3.92. The molecule has 0 unspecified atom stereocenters. The van der Waals surface area contributed by atoms with Gasteiger partial charge in [0, 0.05) is 25.4 Å². The first kappa shape index (κ1) is 16.3. The number of para-hydroxylation sites is 1. The van der Waals surface area contributed by atoms with E-state index in [0.717, 1.165) is 5.56 Å². The lowest BCUT2D eigenvalue weighted by atomic mass is 10.2. The van der Waals surface area contributed by atoms with Gasteiger partial charge in [0.15, 0.2) is 5.78 Å². The number of Topliss-reactive ketones (excluding diaryl/α,β-unsaturated/α-hetero) is 1. The van der Waals surface area contributed by atoms with Gasteiger partial charge in [0.05, 0.1) is 5.69 Å². The zero-order valence-electron chi connectivity index (χ0n) is 13.3. The maximum Gasteiger partial charge on any atom is 0.326 e. The molecule has 8 heteroatoms. The Bertz CT molecular complexity index is 931. The maximum absolute atomic E-state index is 12.5. The molecule has 0 bridgehead atoms. The first-order chi connectivity index (χ1) is 11.3. The molecule has 7 nitrogen and oxygen atoms in total. The summed E-state index contributed by atoms with van der Waals surface area (Å²) in [4.78, 5) is 23.7. The van der Waals surface area contributed by atoms with Crippen molar-refractivity contribution in [2.75, 3.05) is 10.8 Å². The van der Waals surface area contributed by atoms with Gasteiger partial charge in [-0.3, -0.25) is 13.9 Å². The van der Waals surface area contributed by atoms with E-state index in [4.69, 9.17) is 0 Å². The van der Waals surface area contributed by atoms with Crippen LogP contribution in [0.5, 0.6) is 0 Å². The summed E-state index contributed by atoms with van der Waals surface area (Å²) in [5.74, 6) is -0.963. The Morgan fingerprint density at radius 2 is 1.92 bits per heavy atom. The first-order valence-corrected chi connectivity index (χ1v) is 8.83. The molecule has 1 aliphatic heterocycles. The number of ketones is 1. The number of carbonyl (C=O) groups is 2. The molecule has 1 N–H and O–H groups in total. The number of nitrogens with one attached hydrogen (secondary N) is 1. The van der Waals surface area contributed by atoms with E-state index in [2.05, 4.69) is 4.72 Å². The van der Waals surface area contributed by atoms with Crippen molar-refractivity contribution in [2.24, 2.45) is 7.05 Å². The van der Waals surface area contributed by atoms with Crippen molar-refractivity contribution >= 4 is 27.6 Å². The summed E-state index contributed by atoms with van der Waals surface area (Å²) < 4.78 is 29.8. The van der Waals surface area contributed by atoms with Crippen molar-refractivity contribution in [3.8, 4) is 0 Å². The van der Waals surface area contributed by atoms with Crippen molar-refractivity contribution < 1.29 is 18.0 Å². The molecule has 0 radical (unpaired) electrons. The van der Waals surface area contributed by atoms with Crippen LogP contribution in [0.15, 0.2) is 36.5 Å². The molecule has 0 spiro atoms. The molecule has 2 aromatic rings. The normalized spacial score (nSPS) is 13.7. The lowest BCUT2D eigenvalue weighted by Gasteiger charge is -2.19. The molecule has 0 aliphatic carbocycles. The zero-order valence-corrected chi connectivity index (χ0v) is 14.1. The highest BCUT2D eigenvalue weighted by molar-refractivity contribution is 7.91. The van der Waals surface area contributed by atoms with Crippen LogP contribution >= 0.6 is 0 Å². The fourth-order valence-electron chi connectivity index (χ4n) is 2.76. The van der Waals surface area contributed by atoms with E-state index in [1.807, 2.05) is 12.1 Å². The predicted molar refractivity (Wildman–Crippen MR) is 89.3 cm³/mol. The average Bonchev–Trinajstić information content (AvgIpc) is 3.10. The second-order valence-electron chi connectivity index (χ2n) is 5.67. The molecule has 1 aromatic carbocycles. The molecular weight excluding hydrogens is 330 g/mol. The number of hydrogen-bond acceptors (Lipinski definition) is 4. The van der Waals surface area contributed by atoms with E-state index < -0.39 is 16.1 Å². The highest BCUT2D eigenvalue weighted by atomic mass is 32.2. The number of carbonyl (C=O) groups excluding carboxylic acids is 2. The van der Waals surface area contributed by atoms with Crippen molar-refractivity contribution in [1.29, 1.82) is 0 Å². The molecule has 1 aliphatic rings. The number of aromatic nitrogens is 1. The fraction of sp³-hybridized carbons (Fsp3) is 0.250. The first-order valence-electron chi connectivity index (χ1n) is 7.39. The molecule has 3 rings (SSSR count). The third-order valence-corrected chi connectivity index (χ3v) is 5.40. The Labute approximate surface area is 140 Å². The van der Waals surface area contributed by atoms with Gasteiger partial charge in [-0.25, -0.2) is 4.72 Å². The Hall–Kier alpha value is -2.61. The minimum Gasteiger partial charge on any atom is -0.346 e. The van der Waals surface area contributed by atoms with Crippen molar-refractivity contribution in [2.45, 2.75) is 13.3 Å². The third-order valence-electron chi connectivity index (χ3n) is 4.00. The summed E-state index contributed by atoms with van der Waals surface area (Å²) in [6.45, 7) is 1.67. The van der Waals surface area contributed by atoms with Crippen LogP contribution in [0.3, 0.4) is 0 Å². The second kappa shape index (κ2) is 5.79. The average molecular weight is 347 g/mol. The lowest BCUT2D eigenvalue weighted by Crippen LogP contribution is -2.43. The number of nitrogens with zero attached hydrogens (tertiary/aromatic N) is 2. The van der Waals surface area contributed by atoms with E-state index in [9.17, 15) is 18.0 Å². The molecular formula is C16H17N3O4S. The molecule has 1 aromatic heterocycles. The van der Waals surface area contributed by atoms with Crippen LogP contribution in [0.4, 0.5) is 5.69 Å². The van der Waals surface area contributed by atoms with Crippen LogP contribution < -0.4 is 9.03 Å². The topological polar surface area (TPSA) is 88.5 Å². The Balaban J connectivity index is 1.85. The Morgan fingerprint density at radius 1 is 1.21 bits per heavy atom. The number of amides is 1. The number of fused-ring (bicyclic) bond motifs is 1. The van der Waals surface area contributed by atoms with E-state index in [1.54, 1.807) is 19.2 Å². The minimum atomic E-state index is -4.01. The van der Waals surface area contributed by atoms with Gasteiger partial charge in [0.2, 0.25) is 0 Å². The molecule has 0 saturated carbocycles. The van der Waals surface area contributed by atoms with E-state index in [-0.39, 0.29) is 18.0 Å². The van der Waals surface area contributed by atoms with Gasteiger partial charge in [0.1, 0.15) is 5.69 Å². The summed E-state index contributed by atoms with van der Waals surface area (Å²) in [5.41, 5.74) is 1.96. The molecule has 126 valence electrons. The highest BCUT2D eigenvalue weighted by Crippen LogP contribution is 2.29. The van der Waals surface area contributed by atoms with Gasteiger partial charge >= 0.3 is 10.2 Å². The quantitative estimate of drug-likeness (QED) is 0.844. The van der Waals surface area contributed by atoms with E-state index in [0.29, 0.717) is 17.7 Å². The van der Waals surface area contributed by atoms with E-state index in [1.165, 1.54) is 28.1 Å². The fourth-order valence-corrected chi connectivity index (χ4v) is 3.98. The largest absolute Gasteiger partial charge is 0.346 e. The van der Waals surface area contributed by atoms with Gasteiger partial charge in [-0.15, -0.1) is 0 Å². The van der Waals surface area contributed by atoms with Crippen LogP contribution in [-0.2, 0) is 23.7 Å². The van der Waals surface area contributed by atoms with Gasteiger partial charge < -0.3 is 4.57 Å². The summed E-state index contributed by atoms with van der Waals surface area (Å²) >= 11 is 0. The van der Waals surface area contributed by atoms with Crippen LogP contribution in [-0.4, -0.2) is 31.2 Å². The highest BCUT2D eigenvalue weighted by Gasteiger charge is 2.31. The molecule has 24 heavy (non-hydrogen) atoms. The van der Waals surface area contributed by atoms with Crippen molar-refractivity contribution in [3.05, 3.63) is 53.3 Å². The molecule has 1 amide bonds. The van der Waals surface area contributed by atoms with Crippen LogP contribution in [0.25, 0.3) is 0 Å².